The van der Waals surface area contributed by atoms with Crippen molar-refractivity contribution in [3.05, 3.63) is 29.8 Å². The molecule has 2 aromatic rings. The minimum absolute atomic E-state index is 0.476. The number of thioether (sulfide) groups is 1. The number of hydrogen-bond donors (Lipinski definition) is 2. The molecule has 0 saturated heterocycles. The number of rotatable bonds is 5. The third-order valence-electron chi connectivity index (χ3n) is 3.00. The van der Waals surface area contributed by atoms with E-state index in [2.05, 4.69) is 15.5 Å². The van der Waals surface area contributed by atoms with Crippen molar-refractivity contribution >= 4 is 24.3 Å². The maximum atomic E-state index is 9.02. The third kappa shape index (κ3) is 2.97. The highest BCUT2D eigenvalue weighted by molar-refractivity contribution is 7.98. The summed E-state index contributed by atoms with van der Waals surface area (Å²) in [6, 6.07) is 7.67. The Kier molecular flexibility index (Phi) is 3.54. The van der Waals surface area contributed by atoms with Crippen LogP contribution in [0.1, 0.15) is 24.4 Å². The predicted octanol–water partition coefficient (Wildman–Crippen LogP) is -0.0199. The molecule has 8 heteroatoms. The summed E-state index contributed by atoms with van der Waals surface area (Å²) < 4.78 is 1.89. The fraction of sp³-hybridized carbons (Fsp3) is 0.364. The van der Waals surface area contributed by atoms with Crippen molar-refractivity contribution in [3.8, 4) is 0 Å². The van der Waals surface area contributed by atoms with E-state index < -0.39 is 7.12 Å². The SMILES string of the molecule is OB(O)c1ccc(CSc2nnnn2C2CC2)cc1. The lowest BCUT2D eigenvalue weighted by atomic mass is 9.80. The smallest absolute Gasteiger partial charge is 0.423 e. The maximum absolute atomic E-state index is 9.02. The first-order valence-electron chi connectivity index (χ1n) is 6.09. The largest absolute Gasteiger partial charge is 0.488 e. The molecule has 98 valence electrons. The molecule has 1 aliphatic rings. The Morgan fingerprint density at radius 2 is 2.00 bits per heavy atom. The highest BCUT2D eigenvalue weighted by Gasteiger charge is 2.27. The molecule has 0 unspecified atom stereocenters. The van der Waals surface area contributed by atoms with Crippen molar-refractivity contribution < 1.29 is 10.0 Å². The predicted molar refractivity (Wildman–Crippen MR) is 71.9 cm³/mol. The average Bonchev–Trinajstić information content (AvgIpc) is 3.16. The second-order valence-corrected chi connectivity index (χ2v) is 5.48. The van der Waals surface area contributed by atoms with Crippen LogP contribution in [0.5, 0.6) is 0 Å². The molecular formula is C11H13BN4O2S. The molecule has 0 spiro atoms. The summed E-state index contributed by atoms with van der Waals surface area (Å²) in [7, 11) is -1.41. The normalized spacial score (nSPS) is 14.6. The quantitative estimate of drug-likeness (QED) is 0.590. The third-order valence-corrected chi connectivity index (χ3v) is 4.01. The van der Waals surface area contributed by atoms with Gasteiger partial charge in [-0.25, -0.2) is 4.68 Å². The van der Waals surface area contributed by atoms with E-state index in [1.165, 1.54) is 0 Å². The van der Waals surface area contributed by atoms with E-state index in [9.17, 15) is 0 Å². The second-order valence-electron chi connectivity index (χ2n) is 4.54. The molecular weight excluding hydrogens is 263 g/mol. The van der Waals surface area contributed by atoms with E-state index in [4.69, 9.17) is 10.0 Å². The van der Waals surface area contributed by atoms with E-state index in [1.54, 1.807) is 23.9 Å². The molecule has 0 amide bonds. The van der Waals surface area contributed by atoms with Gasteiger partial charge in [-0.2, -0.15) is 0 Å². The molecule has 3 rings (SSSR count). The zero-order valence-electron chi connectivity index (χ0n) is 10.2. The molecule has 0 radical (unpaired) electrons. The Morgan fingerprint density at radius 3 is 2.63 bits per heavy atom. The Bertz CT molecular complexity index is 556. The molecule has 0 aliphatic heterocycles. The summed E-state index contributed by atoms with van der Waals surface area (Å²) in [5.41, 5.74) is 1.59. The summed E-state index contributed by atoms with van der Waals surface area (Å²) in [6.45, 7) is 0. The molecule has 1 saturated carbocycles. The molecule has 1 heterocycles. The van der Waals surface area contributed by atoms with Gasteiger partial charge < -0.3 is 10.0 Å². The van der Waals surface area contributed by atoms with Crippen LogP contribution in [0.25, 0.3) is 0 Å². The summed E-state index contributed by atoms with van der Waals surface area (Å²) in [6.07, 6.45) is 2.31. The van der Waals surface area contributed by atoms with Crippen molar-refractivity contribution in [3.63, 3.8) is 0 Å². The van der Waals surface area contributed by atoms with Gasteiger partial charge in [0, 0.05) is 5.75 Å². The molecule has 1 aliphatic carbocycles. The van der Waals surface area contributed by atoms with Gasteiger partial charge in [-0.05, 0) is 34.3 Å². The lowest BCUT2D eigenvalue weighted by molar-refractivity contribution is 0.426. The highest BCUT2D eigenvalue weighted by Crippen LogP contribution is 2.36. The van der Waals surface area contributed by atoms with Crippen LogP contribution in [0, 0.1) is 0 Å². The molecule has 19 heavy (non-hydrogen) atoms. The van der Waals surface area contributed by atoms with Gasteiger partial charge in [0.25, 0.3) is 0 Å². The van der Waals surface area contributed by atoms with E-state index in [0.717, 1.165) is 29.3 Å². The van der Waals surface area contributed by atoms with Crippen molar-refractivity contribution in [2.45, 2.75) is 29.8 Å². The first-order valence-corrected chi connectivity index (χ1v) is 7.08. The summed E-state index contributed by atoms with van der Waals surface area (Å²) in [5, 5.41) is 30.6. The first-order chi connectivity index (χ1) is 9.24. The lowest BCUT2D eigenvalue weighted by Crippen LogP contribution is -2.29. The van der Waals surface area contributed by atoms with Crippen molar-refractivity contribution in [2.75, 3.05) is 0 Å². The van der Waals surface area contributed by atoms with Crippen molar-refractivity contribution in [1.82, 2.24) is 20.2 Å². The highest BCUT2D eigenvalue weighted by atomic mass is 32.2. The number of nitrogens with zero attached hydrogens (tertiary/aromatic N) is 4. The molecule has 1 aromatic carbocycles. The van der Waals surface area contributed by atoms with Gasteiger partial charge in [-0.1, -0.05) is 36.0 Å². The summed E-state index contributed by atoms with van der Waals surface area (Å²) in [5.74, 6) is 0.759. The zero-order chi connectivity index (χ0) is 13.2. The van der Waals surface area contributed by atoms with Crippen LogP contribution in [-0.4, -0.2) is 37.4 Å². The average molecular weight is 276 g/mol. The van der Waals surface area contributed by atoms with Crippen LogP contribution >= 0.6 is 11.8 Å². The molecule has 2 N–H and O–H groups in total. The molecule has 1 fully saturated rings. The van der Waals surface area contributed by atoms with Gasteiger partial charge in [-0.3, -0.25) is 0 Å². The zero-order valence-corrected chi connectivity index (χ0v) is 11.0. The van der Waals surface area contributed by atoms with Gasteiger partial charge in [0.05, 0.1) is 6.04 Å². The van der Waals surface area contributed by atoms with Crippen LogP contribution in [0.15, 0.2) is 29.4 Å². The van der Waals surface area contributed by atoms with Crippen LogP contribution in [0.3, 0.4) is 0 Å². The van der Waals surface area contributed by atoms with Gasteiger partial charge in [0.15, 0.2) is 0 Å². The molecule has 1 aromatic heterocycles. The first kappa shape index (κ1) is 12.6. The number of hydrogen-bond acceptors (Lipinski definition) is 6. The van der Waals surface area contributed by atoms with Crippen LogP contribution in [0.4, 0.5) is 0 Å². The fourth-order valence-electron chi connectivity index (χ4n) is 1.76. The second kappa shape index (κ2) is 5.32. The number of aromatic nitrogens is 4. The maximum Gasteiger partial charge on any atom is 0.488 e. The van der Waals surface area contributed by atoms with Gasteiger partial charge in [0.2, 0.25) is 5.16 Å². The Labute approximate surface area is 115 Å². The standard InChI is InChI=1S/C11H13BN4O2S/c17-12(18)9-3-1-8(2-4-9)7-19-11-13-14-15-16(11)10-5-6-10/h1-4,10,17-18H,5-7H2. The molecule has 6 nitrogen and oxygen atoms in total. The monoisotopic (exact) mass is 276 g/mol. The van der Waals surface area contributed by atoms with E-state index in [-0.39, 0.29) is 0 Å². The molecule has 0 atom stereocenters. The van der Waals surface area contributed by atoms with Gasteiger partial charge in [0.1, 0.15) is 0 Å². The van der Waals surface area contributed by atoms with Crippen LogP contribution in [0.2, 0.25) is 0 Å². The van der Waals surface area contributed by atoms with Crippen LogP contribution < -0.4 is 5.46 Å². The fourth-order valence-corrected chi connectivity index (χ4v) is 2.66. The summed E-state index contributed by atoms with van der Waals surface area (Å²) in [4.78, 5) is 0. The number of tetrazole rings is 1. The topological polar surface area (TPSA) is 84.1 Å². The minimum Gasteiger partial charge on any atom is -0.423 e. The van der Waals surface area contributed by atoms with E-state index >= 15 is 0 Å². The van der Waals surface area contributed by atoms with E-state index in [1.807, 2.05) is 16.8 Å². The van der Waals surface area contributed by atoms with Crippen molar-refractivity contribution in [2.24, 2.45) is 0 Å². The molecule has 0 bridgehead atoms. The van der Waals surface area contributed by atoms with Crippen molar-refractivity contribution in [1.29, 1.82) is 0 Å². The van der Waals surface area contributed by atoms with Gasteiger partial charge in [-0.15, -0.1) is 5.10 Å². The minimum atomic E-state index is -1.41. The number of benzene rings is 1. The summed E-state index contributed by atoms with van der Waals surface area (Å²) >= 11 is 1.59. The Hall–Kier alpha value is -1.38. The van der Waals surface area contributed by atoms with E-state index in [0.29, 0.717) is 11.5 Å². The van der Waals surface area contributed by atoms with Gasteiger partial charge >= 0.3 is 7.12 Å². The Balaban J connectivity index is 1.63. The van der Waals surface area contributed by atoms with Crippen LogP contribution in [-0.2, 0) is 5.75 Å². The lowest BCUT2D eigenvalue weighted by Gasteiger charge is -2.04. The Morgan fingerprint density at radius 1 is 1.26 bits per heavy atom.